The van der Waals surface area contributed by atoms with Crippen molar-refractivity contribution in [3.8, 4) is 0 Å². The molecule has 1 heterocycles. The first-order chi connectivity index (χ1) is 16.5. The Kier molecular flexibility index (Phi) is 8.23. The van der Waals surface area contributed by atoms with Crippen molar-refractivity contribution >= 4 is 58.1 Å². The quantitative estimate of drug-likeness (QED) is 0.373. The number of rotatable bonds is 7. The van der Waals surface area contributed by atoms with E-state index in [-0.39, 0.29) is 33.3 Å². The number of anilines is 1. The van der Waals surface area contributed by atoms with Crippen molar-refractivity contribution in [2.45, 2.75) is 19.5 Å². The number of carbonyl (C=O) groups excluding carboxylic acids is 4. The van der Waals surface area contributed by atoms with Gasteiger partial charge in [0.2, 0.25) is 5.91 Å². The average molecular weight is 527 g/mol. The highest BCUT2D eigenvalue weighted by atomic mass is 35.5. The van der Waals surface area contributed by atoms with E-state index in [4.69, 9.17) is 16.3 Å². The Morgan fingerprint density at radius 1 is 1.14 bits per heavy atom. The molecule has 1 fully saturated rings. The van der Waals surface area contributed by atoms with Crippen LogP contribution in [0.4, 0.5) is 23.7 Å². The summed E-state index contributed by atoms with van der Waals surface area (Å²) in [7, 11) is 0. The van der Waals surface area contributed by atoms with Gasteiger partial charge in [0, 0.05) is 5.69 Å². The van der Waals surface area contributed by atoms with Gasteiger partial charge in [0.1, 0.15) is 6.54 Å². The first-order valence-electron chi connectivity index (χ1n) is 10.2. The molecule has 0 unspecified atom stereocenters. The fourth-order valence-electron chi connectivity index (χ4n) is 2.93. The Bertz CT molecular complexity index is 1200. The molecule has 0 atom stereocenters. The van der Waals surface area contributed by atoms with Crippen LogP contribution in [0.25, 0.3) is 6.08 Å². The smallest absolute Gasteiger partial charge is 0.416 e. The van der Waals surface area contributed by atoms with Crippen molar-refractivity contribution in [3.05, 3.63) is 69.1 Å². The molecule has 12 heteroatoms. The Labute approximate surface area is 207 Å². The Morgan fingerprint density at radius 3 is 2.46 bits per heavy atom. The molecule has 0 radical (unpaired) electrons. The summed E-state index contributed by atoms with van der Waals surface area (Å²) in [6.45, 7) is 1.42. The highest BCUT2D eigenvalue weighted by molar-refractivity contribution is 8.18. The monoisotopic (exact) mass is 526 g/mol. The zero-order valence-corrected chi connectivity index (χ0v) is 19.7. The number of thioether (sulfide) groups is 1. The van der Waals surface area contributed by atoms with Gasteiger partial charge >= 0.3 is 12.1 Å². The van der Waals surface area contributed by atoms with Gasteiger partial charge in [-0.05, 0) is 60.2 Å². The van der Waals surface area contributed by atoms with Crippen LogP contribution < -0.4 is 5.32 Å². The molecule has 1 saturated heterocycles. The molecule has 1 N–H and O–H groups in total. The largest absolute Gasteiger partial charge is 0.462 e. The van der Waals surface area contributed by atoms with Gasteiger partial charge in [-0.1, -0.05) is 30.7 Å². The molecular formula is C23H18ClF3N2O5S. The number of esters is 1. The Morgan fingerprint density at radius 2 is 1.83 bits per heavy atom. The number of nitrogens with zero attached hydrogens (tertiary/aromatic N) is 1. The number of hydrogen-bond acceptors (Lipinski definition) is 6. The lowest BCUT2D eigenvalue weighted by Gasteiger charge is -2.13. The van der Waals surface area contributed by atoms with Crippen LogP contribution in [0, 0.1) is 0 Å². The second-order valence-electron chi connectivity index (χ2n) is 7.27. The van der Waals surface area contributed by atoms with Gasteiger partial charge < -0.3 is 10.1 Å². The minimum atomic E-state index is -4.50. The SMILES string of the molecule is CCCOC(=O)c1cc(NC(=O)CN2C(=O)S/C(=C\c3ccc(C(F)(F)F)cc3)C2=O)ccc1Cl. The van der Waals surface area contributed by atoms with E-state index in [0.29, 0.717) is 23.1 Å². The van der Waals surface area contributed by atoms with E-state index in [2.05, 4.69) is 5.32 Å². The number of hydrogen-bond donors (Lipinski definition) is 1. The highest BCUT2D eigenvalue weighted by Gasteiger charge is 2.36. The van der Waals surface area contributed by atoms with Crippen molar-refractivity contribution in [3.63, 3.8) is 0 Å². The summed E-state index contributed by atoms with van der Waals surface area (Å²) in [5.74, 6) is -2.12. The van der Waals surface area contributed by atoms with E-state index < -0.39 is 41.3 Å². The van der Waals surface area contributed by atoms with Gasteiger partial charge in [0.15, 0.2) is 0 Å². The number of benzene rings is 2. The summed E-state index contributed by atoms with van der Waals surface area (Å²) in [6, 6.07) is 8.22. The Balaban J connectivity index is 1.67. The molecule has 0 aliphatic carbocycles. The summed E-state index contributed by atoms with van der Waals surface area (Å²) in [6.07, 6.45) is -2.61. The molecule has 1 aliphatic heterocycles. The molecule has 184 valence electrons. The zero-order chi connectivity index (χ0) is 25.8. The van der Waals surface area contributed by atoms with Crippen LogP contribution in [0.15, 0.2) is 47.4 Å². The number of amides is 3. The van der Waals surface area contributed by atoms with Crippen molar-refractivity contribution in [2.24, 2.45) is 0 Å². The van der Waals surface area contributed by atoms with E-state index in [1.54, 1.807) is 0 Å². The van der Waals surface area contributed by atoms with Gasteiger partial charge in [-0.3, -0.25) is 19.3 Å². The zero-order valence-electron chi connectivity index (χ0n) is 18.1. The van der Waals surface area contributed by atoms with Crippen molar-refractivity contribution < 1.29 is 37.1 Å². The predicted molar refractivity (Wildman–Crippen MR) is 125 cm³/mol. The number of ether oxygens (including phenoxy) is 1. The van der Waals surface area contributed by atoms with E-state index in [1.807, 2.05) is 6.92 Å². The maximum Gasteiger partial charge on any atom is 0.416 e. The minimum absolute atomic E-state index is 0.0324. The van der Waals surface area contributed by atoms with Crippen molar-refractivity contribution in [1.29, 1.82) is 0 Å². The standard InChI is InChI=1S/C23H18ClF3N2O5S/c1-2-9-34-21(32)16-11-15(7-8-17(16)24)28-19(30)12-29-20(31)18(35-22(29)33)10-13-3-5-14(6-4-13)23(25,26)27/h3-8,10-11H,2,9,12H2,1H3,(H,28,30)/b18-10-. The van der Waals surface area contributed by atoms with Crippen LogP contribution in [0.2, 0.25) is 5.02 Å². The first-order valence-corrected chi connectivity index (χ1v) is 11.4. The van der Waals surface area contributed by atoms with Crippen molar-refractivity contribution in [1.82, 2.24) is 4.90 Å². The number of nitrogens with one attached hydrogen (secondary N) is 1. The number of carbonyl (C=O) groups is 4. The van der Waals surface area contributed by atoms with Gasteiger partial charge in [0.25, 0.3) is 11.1 Å². The molecule has 0 bridgehead atoms. The second kappa shape index (κ2) is 11.0. The molecule has 0 aromatic heterocycles. The summed E-state index contributed by atoms with van der Waals surface area (Å²) in [4.78, 5) is 50.1. The van der Waals surface area contributed by atoms with Crippen LogP contribution in [0.5, 0.6) is 0 Å². The molecule has 3 amide bonds. The average Bonchev–Trinajstić information content (AvgIpc) is 3.05. The van der Waals surface area contributed by atoms with Gasteiger partial charge in [-0.25, -0.2) is 4.79 Å². The summed E-state index contributed by atoms with van der Waals surface area (Å²) in [5.41, 5.74) is -0.307. The number of imide groups is 1. The van der Waals surface area contributed by atoms with Gasteiger partial charge in [-0.2, -0.15) is 13.2 Å². The molecule has 2 aromatic rings. The summed E-state index contributed by atoms with van der Waals surface area (Å²) >= 11 is 6.59. The third kappa shape index (κ3) is 6.64. The van der Waals surface area contributed by atoms with Crippen LogP contribution >= 0.6 is 23.4 Å². The molecule has 0 saturated carbocycles. The minimum Gasteiger partial charge on any atom is -0.462 e. The molecular weight excluding hydrogens is 509 g/mol. The van der Waals surface area contributed by atoms with Crippen LogP contribution in [0.1, 0.15) is 34.8 Å². The second-order valence-corrected chi connectivity index (χ2v) is 8.67. The third-order valence-electron chi connectivity index (χ3n) is 4.62. The fraction of sp³-hybridized carbons (Fsp3) is 0.217. The maximum atomic E-state index is 12.7. The number of alkyl halides is 3. The molecule has 2 aromatic carbocycles. The van der Waals surface area contributed by atoms with E-state index in [1.165, 1.54) is 36.4 Å². The lowest BCUT2D eigenvalue weighted by Crippen LogP contribution is -2.36. The first kappa shape index (κ1) is 26.3. The molecule has 1 aliphatic rings. The molecule has 3 rings (SSSR count). The predicted octanol–water partition coefficient (Wildman–Crippen LogP) is 5.60. The number of halogens is 4. The third-order valence-corrected chi connectivity index (χ3v) is 5.86. The van der Waals surface area contributed by atoms with Crippen molar-refractivity contribution in [2.75, 3.05) is 18.5 Å². The molecule has 0 spiro atoms. The van der Waals surface area contributed by atoms with Crippen LogP contribution in [0.3, 0.4) is 0 Å². The maximum absolute atomic E-state index is 12.7. The highest BCUT2D eigenvalue weighted by Crippen LogP contribution is 2.33. The topological polar surface area (TPSA) is 92.8 Å². The van der Waals surface area contributed by atoms with Gasteiger partial charge in [0.05, 0.1) is 27.7 Å². The Hall–Kier alpha value is -3.31. The molecule has 35 heavy (non-hydrogen) atoms. The summed E-state index contributed by atoms with van der Waals surface area (Å²) < 4.78 is 43.2. The fourth-order valence-corrected chi connectivity index (χ4v) is 3.97. The lowest BCUT2D eigenvalue weighted by molar-refractivity contribution is -0.137. The van der Waals surface area contributed by atoms with Gasteiger partial charge in [-0.15, -0.1) is 0 Å². The molecule has 7 nitrogen and oxygen atoms in total. The lowest BCUT2D eigenvalue weighted by atomic mass is 10.1. The summed E-state index contributed by atoms with van der Waals surface area (Å²) in [5, 5.41) is 1.91. The van der Waals surface area contributed by atoms with Crippen LogP contribution in [-0.2, 0) is 20.5 Å². The van der Waals surface area contributed by atoms with E-state index in [9.17, 15) is 32.3 Å². The van der Waals surface area contributed by atoms with E-state index in [0.717, 1.165) is 12.1 Å². The van der Waals surface area contributed by atoms with Crippen LogP contribution in [-0.4, -0.2) is 41.1 Å². The normalized spacial score (nSPS) is 15.0. The van der Waals surface area contributed by atoms with E-state index >= 15 is 0 Å².